The quantitative estimate of drug-likeness (QED) is 0.728. The van der Waals surface area contributed by atoms with Gasteiger partial charge in [-0.15, -0.1) is 0 Å². The molecule has 0 amide bonds. The summed E-state index contributed by atoms with van der Waals surface area (Å²) in [7, 11) is 3.05. The standard InChI is InChI=1S/C5H11NO.C3H9O2P.3CH4/c1-5(7)4-6(2)3;1-5-6(2,3)4;;;/h4H2,1-3H3;1-3H3;3*1H4. The monoisotopic (exact) mass is 257 g/mol. The summed E-state index contributed by atoms with van der Waals surface area (Å²) in [5, 5.41) is 0. The molecule has 0 heterocycles. The molecule has 0 aliphatic carbocycles. The molecule has 0 aromatic rings. The molecule has 0 radical (unpaired) electrons. The van der Waals surface area contributed by atoms with Crippen LogP contribution in [-0.4, -0.2) is 51.8 Å². The second kappa shape index (κ2) is 14.8. The Balaban J connectivity index is -0.0000000428. The highest BCUT2D eigenvalue weighted by molar-refractivity contribution is 7.57. The van der Waals surface area contributed by atoms with Gasteiger partial charge in [0.15, 0.2) is 7.37 Å². The zero-order valence-corrected chi connectivity index (χ0v) is 10.2. The summed E-state index contributed by atoms with van der Waals surface area (Å²) in [4.78, 5) is 12.1. The number of hydrogen-bond donors (Lipinski definition) is 0. The van der Waals surface area contributed by atoms with Gasteiger partial charge >= 0.3 is 0 Å². The molecule has 0 aromatic heterocycles. The Kier molecular flexibility index (Phi) is 27.5. The second-order valence-electron chi connectivity index (χ2n) is 3.37. The minimum atomic E-state index is -2.15. The maximum atomic E-state index is 10.4. The number of nitrogens with zero attached hydrogens (tertiary/aromatic N) is 1. The third-order valence-electron chi connectivity index (χ3n) is 0.979. The minimum absolute atomic E-state index is 0. The van der Waals surface area contributed by atoms with Gasteiger partial charge in [-0.05, 0) is 21.0 Å². The second-order valence-corrected chi connectivity index (χ2v) is 6.24. The first-order valence-corrected chi connectivity index (χ1v) is 6.46. The van der Waals surface area contributed by atoms with Crippen LogP contribution in [0.25, 0.3) is 0 Å². The lowest BCUT2D eigenvalue weighted by Crippen LogP contribution is -2.18. The van der Waals surface area contributed by atoms with Crippen LogP contribution in [0.15, 0.2) is 0 Å². The summed E-state index contributed by atoms with van der Waals surface area (Å²) in [6.45, 7) is 5.29. The Morgan fingerprint density at radius 2 is 1.44 bits per heavy atom. The maximum absolute atomic E-state index is 10.4. The molecular weight excluding hydrogens is 225 g/mol. The smallest absolute Gasteiger partial charge is 0.196 e. The van der Waals surface area contributed by atoms with Crippen molar-refractivity contribution in [2.75, 3.05) is 41.1 Å². The number of Topliss-reactive ketones (excluding diaryl/α,β-unsaturated/α-hetero) is 1. The van der Waals surface area contributed by atoms with Crippen LogP contribution in [0.1, 0.15) is 29.2 Å². The van der Waals surface area contributed by atoms with E-state index >= 15 is 0 Å². The van der Waals surface area contributed by atoms with Gasteiger partial charge in [-0.25, -0.2) is 0 Å². The summed E-state index contributed by atoms with van der Waals surface area (Å²) in [6, 6.07) is 0. The summed E-state index contributed by atoms with van der Waals surface area (Å²) in [5.74, 6) is 0.213. The van der Waals surface area contributed by atoms with E-state index < -0.39 is 7.37 Å². The molecule has 0 saturated heterocycles. The highest BCUT2D eigenvalue weighted by Crippen LogP contribution is 2.35. The topological polar surface area (TPSA) is 46.6 Å². The highest BCUT2D eigenvalue weighted by Gasteiger charge is 1.99. The van der Waals surface area contributed by atoms with Gasteiger partial charge in [-0.2, -0.15) is 0 Å². The molecule has 4 nitrogen and oxygen atoms in total. The van der Waals surface area contributed by atoms with E-state index in [-0.39, 0.29) is 28.1 Å². The third-order valence-corrected chi connectivity index (χ3v) is 1.86. The van der Waals surface area contributed by atoms with E-state index in [9.17, 15) is 9.36 Å². The van der Waals surface area contributed by atoms with E-state index in [2.05, 4.69) is 4.52 Å². The maximum Gasteiger partial charge on any atom is 0.196 e. The Labute approximate surface area is 103 Å². The van der Waals surface area contributed by atoms with Gasteiger partial charge in [0.25, 0.3) is 0 Å². The Bertz CT molecular complexity index is 188. The number of carbonyl (C=O) groups is 1. The van der Waals surface area contributed by atoms with Crippen LogP contribution in [0.3, 0.4) is 0 Å². The van der Waals surface area contributed by atoms with Crippen molar-refractivity contribution in [3.05, 3.63) is 0 Å². The van der Waals surface area contributed by atoms with Gasteiger partial charge in [-0.3, -0.25) is 9.36 Å². The van der Waals surface area contributed by atoms with Crippen LogP contribution >= 0.6 is 7.37 Å². The molecule has 0 aliphatic rings. The van der Waals surface area contributed by atoms with Gasteiger partial charge in [0.1, 0.15) is 5.78 Å². The fourth-order valence-corrected chi connectivity index (χ4v) is 0.445. The SMILES string of the molecule is C.C.C.CC(=O)CN(C)C.COP(C)(C)=O. The number of carbonyl (C=O) groups excluding carboxylic acids is 1. The van der Waals surface area contributed by atoms with Gasteiger partial charge in [-0.1, -0.05) is 22.3 Å². The zero-order valence-electron chi connectivity index (χ0n) is 9.33. The van der Waals surface area contributed by atoms with Crippen LogP contribution < -0.4 is 0 Å². The van der Waals surface area contributed by atoms with E-state index in [1.807, 2.05) is 19.0 Å². The number of hydrogen-bond acceptors (Lipinski definition) is 4. The van der Waals surface area contributed by atoms with Crippen LogP contribution in [0.2, 0.25) is 0 Å². The van der Waals surface area contributed by atoms with Crippen LogP contribution in [-0.2, 0) is 13.9 Å². The fourth-order valence-electron chi connectivity index (χ4n) is 0.445. The summed E-state index contributed by atoms with van der Waals surface area (Å²) >= 11 is 0. The molecule has 0 saturated carbocycles. The van der Waals surface area contributed by atoms with Crippen molar-refractivity contribution < 1.29 is 13.9 Å². The zero-order chi connectivity index (χ0) is 11.1. The number of rotatable bonds is 3. The van der Waals surface area contributed by atoms with Crippen molar-refractivity contribution in [2.45, 2.75) is 29.2 Å². The Morgan fingerprint density at radius 1 is 1.19 bits per heavy atom. The molecule has 16 heavy (non-hydrogen) atoms. The molecule has 0 aliphatic heterocycles. The lowest BCUT2D eigenvalue weighted by Gasteiger charge is -2.03. The molecule has 0 N–H and O–H groups in total. The molecule has 0 unspecified atom stereocenters. The Hall–Kier alpha value is -0.180. The summed E-state index contributed by atoms with van der Waals surface area (Å²) in [6.07, 6.45) is 0. The van der Waals surface area contributed by atoms with Gasteiger partial charge in [0.05, 0.1) is 6.54 Å². The first-order chi connectivity index (χ1) is 5.69. The minimum Gasteiger partial charge on any atom is -0.332 e. The summed E-state index contributed by atoms with van der Waals surface area (Å²) in [5.41, 5.74) is 0. The van der Waals surface area contributed by atoms with Crippen molar-refractivity contribution >= 4 is 13.2 Å². The van der Waals surface area contributed by atoms with Crippen molar-refractivity contribution in [3.63, 3.8) is 0 Å². The molecule has 0 fully saturated rings. The number of ketones is 1. The van der Waals surface area contributed by atoms with E-state index in [4.69, 9.17) is 0 Å². The predicted molar refractivity (Wildman–Crippen MR) is 75.9 cm³/mol. The van der Waals surface area contributed by atoms with Gasteiger partial charge in [0.2, 0.25) is 0 Å². The van der Waals surface area contributed by atoms with Crippen LogP contribution in [0, 0.1) is 0 Å². The van der Waals surface area contributed by atoms with Crippen molar-refractivity contribution in [3.8, 4) is 0 Å². The van der Waals surface area contributed by atoms with Crippen molar-refractivity contribution in [1.29, 1.82) is 0 Å². The number of likely N-dealkylation sites (N-methyl/N-ethyl adjacent to an activating group) is 1. The average Bonchev–Trinajstić information content (AvgIpc) is 1.84. The molecule has 104 valence electrons. The third kappa shape index (κ3) is 48.8. The van der Waals surface area contributed by atoms with Crippen LogP contribution in [0.5, 0.6) is 0 Å². The molecule has 5 heteroatoms. The predicted octanol–water partition coefficient (Wildman–Crippen LogP) is 3.22. The normalized spacial score (nSPS) is 8.69. The van der Waals surface area contributed by atoms with E-state index in [1.54, 1.807) is 20.3 Å². The lowest BCUT2D eigenvalue weighted by molar-refractivity contribution is -0.117. The first kappa shape index (κ1) is 29.7. The molecule has 0 aromatic carbocycles. The van der Waals surface area contributed by atoms with Gasteiger partial charge in [0, 0.05) is 20.4 Å². The van der Waals surface area contributed by atoms with Gasteiger partial charge < -0.3 is 9.42 Å². The molecule has 0 spiro atoms. The average molecular weight is 257 g/mol. The largest absolute Gasteiger partial charge is 0.332 e. The summed E-state index contributed by atoms with van der Waals surface area (Å²) < 4.78 is 14.9. The van der Waals surface area contributed by atoms with Crippen LogP contribution in [0.4, 0.5) is 0 Å². The van der Waals surface area contributed by atoms with Crippen molar-refractivity contribution in [1.82, 2.24) is 4.90 Å². The first-order valence-electron chi connectivity index (χ1n) is 3.94. The Morgan fingerprint density at radius 3 is 1.44 bits per heavy atom. The fraction of sp³-hybridized carbons (Fsp3) is 0.909. The van der Waals surface area contributed by atoms with Crippen molar-refractivity contribution in [2.24, 2.45) is 0 Å². The molecule has 0 bridgehead atoms. The van der Waals surface area contributed by atoms with E-state index in [1.165, 1.54) is 7.11 Å². The molecule has 0 rings (SSSR count). The van der Waals surface area contributed by atoms with E-state index in [0.717, 1.165) is 0 Å². The molecular formula is C11H32NO3P. The van der Waals surface area contributed by atoms with E-state index in [0.29, 0.717) is 6.54 Å². The molecule has 0 atom stereocenters. The lowest BCUT2D eigenvalue weighted by atomic mass is 10.4. The highest BCUT2D eigenvalue weighted by atomic mass is 31.2.